The summed E-state index contributed by atoms with van der Waals surface area (Å²) >= 11 is 1.62. The van der Waals surface area contributed by atoms with Gasteiger partial charge >= 0.3 is 0 Å². The van der Waals surface area contributed by atoms with Crippen LogP contribution in [-0.4, -0.2) is 3.96 Å². The summed E-state index contributed by atoms with van der Waals surface area (Å²) in [6.45, 7) is 5.23. The van der Waals surface area contributed by atoms with E-state index in [0.717, 1.165) is 23.1 Å². The van der Waals surface area contributed by atoms with E-state index in [2.05, 4.69) is 19.9 Å². The lowest BCUT2D eigenvalue weighted by Gasteiger charge is -2.02. The minimum atomic E-state index is 0.195. The Hall–Kier alpha value is -1.09. The zero-order valence-electron chi connectivity index (χ0n) is 14.8. The Labute approximate surface area is 144 Å². The monoisotopic (exact) mass is 333 g/mol. The molecule has 0 amide bonds. The minimum Gasteiger partial charge on any atom is -0.268 e. The summed E-state index contributed by atoms with van der Waals surface area (Å²) in [7, 11) is 0. The summed E-state index contributed by atoms with van der Waals surface area (Å²) in [5.41, 5.74) is 1.42. The van der Waals surface area contributed by atoms with Gasteiger partial charge in [0.1, 0.15) is 0 Å². The summed E-state index contributed by atoms with van der Waals surface area (Å²) in [4.78, 5) is 12.3. The largest absolute Gasteiger partial charge is 0.268 e. The Morgan fingerprint density at radius 2 is 1.52 bits per heavy atom. The van der Waals surface area contributed by atoms with E-state index in [1.165, 1.54) is 63.4 Å². The van der Waals surface area contributed by atoms with Crippen LogP contribution in [0.1, 0.15) is 76.7 Å². The number of benzene rings is 1. The first-order valence-electron chi connectivity index (χ1n) is 9.33. The number of hydrogen-bond donors (Lipinski definition) is 0. The normalized spacial score (nSPS) is 11.4. The van der Waals surface area contributed by atoms with Crippen LogP contribution >= 0.6 is 11.5 Å². The fraction of sp³-hybridized carbons (Fsp3) is 0.650. The Balaban J connectivity index is 1.63. The average Bonchev–Trinajstić information content (AvgIpc) is 2.84. The quantitative estimate of drug-likeness (QED) is 0.443. The molecule has 3 heteroatoms. The Kier molecular flexibility index (Phi) is 7.87. The van der Waals surface area contributed by atoms with Crippen molar-refractivity contribution < 1.29 is 0 Å². The average molecular weight is 334 g/mol. The summed E-state index contributed by atoms with van der Waals surface area (Å²) in [5, 5.41) is 0.882. The molecule has 0 fully saturated rings. The van der Waals surface area contributed by atoms with Gasteiger partial charge in [-0.3, -0.25) is 8.75 Å². The van der Waals surface area contributed by atoms with Crippen LogP contribution in [0.25, 0.3) is 10.1 Å². The van der Waals surface area contributed by atoms with Gasteiger partial charge in [0, 0.05) is 6.54 Å². The zero-order chi connectivity index (χ0) is 16.5. The van der Waals surface area contributed by atoms with Gasteiger partial charge in [-0.25, -0.2) is 0 Å². The fourth-order valence-corrected chi connectivity index (χ4v) is 4.20. The summed E-state index contributed by atoms with van der Waals surface area (Å²) < 4.78 is 3.07. The molecule has 0 saturated heterocycles. The highest BCUT2D eigenvalue weighted by Crippen LogP contribution is 2.19. The van der Waals surface area contributed by atoms with E-state index in [-0.39, 0.29) is 5.56 Å². The predicted molar refractivity (Wildman–Crippen MR) is 103 cm³/mol. The molecule has 0 aliphatic rings. The number of aryl methyl sites for hydroxylation is 2. The van der Waals surface area contributed by atoms with E-state index < -0.39 is 0 Å². The molecule has 128 valence electrons. The van der Waals surface area contributed by atoms with Gasteiger partial charge in [0.25, 0.3) is 5.56 Å². The molecule has 2 nitrogen and oxygen atoms in total. The van der Waals surface area contributed by atoms with Gasteiger partial charge in [0.2, 0.25) is 0 Å². The smallest absolute Gasteiger partial charge is 0.268 e. The molecule has 0 radical (unpaired) electrons. The third-order valence-electron chi connectivity index (χ3n) is 4.52. The SMILES string of the molecule is CCCCCCCCCCCCn1sc2cc(C)ccc2c1=O. The van der Waals surface area contributed by atoms with Gasteiger partial charge in [0.15, 0.2) is 0 Å². The lowest BCUT2D eigenvalue weighted by Crippen LogP contribution is -2.12. The lowest BCUT2D eigenvalue weighted by atomic mass is 10.1. The van der Waals surface area contributed by atoms with Crippen molar-refractivity contribution in [1.29, 1.82) is 0 Å². The molecule has 0 aliphatic heterocycles. The van der Waals surface area contributed by atoms with E-state index in [1.54, 1.807) is 11.5 Å². The molecule has 0 unspecified atom stereocenters. The number of nitrogens with zero attached hydrogens (tertiary/aromatic N) is 1. The molecular weight excluding hydrogens is 302 g/mol. The van der Waals surface area contributed by atoms with Crippen LogP contribution in [0.5, 0.6) is 0 Å². The highest BCUT2D eigenvalue weighted by atomic mass is 32.1. The van der Waals surface area contributed by atoms with E-state index in [1.807, 2.05) is 16.1 Å². The van der Waals surface area contributed by atoms with Gasteiger partial charge in [-0.05, 0) is 31.0 Å². The van der Waals surface area contributed by atoms with Crippen LogP contribution < -0.4 is 5.56 Å². The topological polar surface area (TPSA) is 22.0 Å². The standard InChI is InChI=1S/C20H31NOS/c1-3-4-5-6-7-8-9-10-11-12-15-21-20(22)18-14-13-17(2)16-19(18)23-21/h13-14,16H,3-12,15H2,1-2H3. The molecule has 0 bridgehead atoms. The number of unbranched alkanes of at least 4 members (excludes halogenated alkanes) is 9. The maximum absolute atomic E-state index is 12.3. The summed E-state index contributed by atoms with van der Waals surface area (Å²) in [5.74, 6) is 0. The summed E-state index contributed by atoms with van der Waals surface area (Å²) in [6, 6.07) is 6.12. The molecule has 0 spiro atoms. The molecule has 1 aromatic carbocycles. The van der Waals surface area contributed by atoms with Gasteiger partial charge < -0.3 is 0 Å². The maximum atomic E-state index is 12.3. The van der Waals surface area contributed by atoms with Crippen molar-refractivity contribution in [2.45, 2.75) is 84.6 Å². The van der Waals surface area contributed by atoms with Crippen LogP contribution in [0.3, 0.4) is 0 Å². The molecular formula is C20H31NOS. The van der Waals surface area contributed by atoms with Crippen molar-refractivity contribution in [1.82, 2.24) is 3.96 Å². The summed E-state index contributed by atoms with van der Waals surface area (Å²) in [6.07, 6.45) is 13.4. The van der Waals surface area contributed by atoms with Gasteiger partial charge in [-0.15, -0.1) is 0 Å². The molecule has 0 aliphatic carbocycles. The number of rotatable bonds is 11. The van der Waals surface area contributed by atoms with Crippen LogP contribution in [0.4, 0.5) is 0 Å². The molecule has 1 aromatic heterocycles. The zero-order valence-corrected chi connectivity index (χ0v) is 15.6. The highest BCUT2D eigenvalue weighted by molar-refractivity contribution is 7.13. The first-order valence-corrected chi connectivity index (χ1v) is 10.1. The number of hydrogen-bond acceptors (Lipinski definition) is 2. The van der Waals surface area contributed by atoms with Gasteiger partial charge in [-0.1, -0.05) is 82.3 Å². The third-order valence-corrected chi connectivity index (χ3v) is 5.62. The van der Waals surface area contributed by atoms with Crippen LogP contribution in [0.15, 0.2) is 23.0 Å². The maximum Gasteiger partial charge on any atom is 0.268 e. The van der Waals surface area contributed by atoms with Crippen molar-refractivity contribution in [2.75, 3.05) is 0 Å². The number of fused-ring (bicyclic) bond motifs is 1. The van der Waals surface area contributed by atoms with Crippen LogP contribution in [0.2, 0.25) is 0 Å². The van der Waals surface area contributed by atoms with Crippen LogP contribution in [-0.2, 0) is 6.54 Å². The van der Waals surface area contributed by atoms with E-state index in [9.17, 15) is 4.79 Å². The minimum absolute atomic E-state index is 0.195. The van der Waals surface area contributed by atoms with Crippen molar-refractivity contribution in [3.63, 3.8) is 0 Å². The van der Waals surface area contributed by atoms with Crippen molar-refractivity contribution in [3.05, 3.63) is 34.1 Å². The lowest BCUT2D eigenvalue weighted by molar-refractivity contribution is 0.540. The van der Waals surface area contributed by atoms with E-state index in [4.69, 9.17) is 0 Å². The molecule has 1 heterocycles. The van der Waals surface area contributed by atoms with Crippen molar-refractivity contribution in [2.24, 2.45) is 0 Å². The van der Waals surface area contributed by atoms with E-state index >= 15 is 0 Å². The van der Waals surface area contributed by atoms with Crippen molar-refractivity contribution >= 4 is 21.6 Å². The molecule has 2 aromatic rings. The molecule has 0 saturated carbocycles. The van der Waals surface area contributed by atoms with Crippen molar-refractivity contribution in [3.8, 4) is 0 Å². The molecule has 23 heavy (non-hydrogen) atoms. The Bertz CT molecular complexity index is 641. The Morgan fingerprint density at radius 3 is 2.17 bits per heavy atom. The third kappa shape index (κ3) is 5.80. The predicted octanol–water partition coefficient (Wildman–Crippen LogP) is 6.29. The van der Waals surface area contributed by atoms with Crippen LogP contribution in [0, 0.1) is 6.92 Å². The van der Waals surface area contributed by atoms with Gasteiger partial charge in [0.05, 0.1) is 10.1 Å². The Morgan fingerprint density at radius 1 is 0.913 bits per heavy atom. The molecule has 0 atom stereocenters. The molecule has 0 N–H and O–H groups in total. The highest BCUT2D eigenvalue weighted by Gasteiger charge is 2.06. The first kappa shape index (κ1) is 18.3. The van der Waals surface area contributed by atoms with Gasteiger partial charge in [-0.2, -0.15) is 0 Å². The second kappa shape index (κ2) is 9.92. The fourth-order valence-electron chi connectivity index (χ4n) is 3.07. The second-order valence-corrected chi connectivity index (χ2v) is 7.74. The second-order valence-electron chi connectivity index (χ2n) is 6.68. The molecule has 2 rings (SSSR count). The number of aromatic nitrogens is 1. The first-order chi connectivity index (χ1) is 11.2. The van der Waals surface area contributed by atoms with E-state index in [0.29, 0.717) is 0 Å².